The number of aliphatic hydroxyl groups excluding tert-OH is 1. The molecule has 8 nitrogen and oxygen atoms in total. The third-order valence-corrected chi connectivity index (χ3v) is 7.12. The molecule has 4 heterocycles. The van der Waals surface area contributed by atoms with Crippen molar-refractivity contribution in [2.24, 2.45) is 0 Å². The van der Waals surface area contributed by atoms with Crippen molar-refractivity contribution >= 4 is 15.7 Å². The van der Waals surface area contributed by atoms with Crippen molar-refractivity contribution in [2.75, 3.05) is 42.6 Å². The standard InChI is InChI=1S/C19H25N5O3S/c1-2-14-11-18(22-19(21-14)15-5-3-4-6-20-15)24-9-7-23(8-10-24)16-12-28(26,27)13-17(16)25/h3-6,11,16-17,25H,2,7-10,12-13H2,1H3/t16-,17-/m0/s1. The number of anilines is 1. The Morgan fingerprint density at radius 1 is 1.14 bits per heavy atom. The Balaban J connectivity index is 1.50. The largest absolute Gasteiger partial charge is 0.390 e. The van der Waals surface area contributed by atoms with Crippen LogP contribution in [-0.2, 0) is 16.3 Å². The van der Waals surface area contributed by atoms with Gasteiger partial charge in [-0.05, 0) is 18.6 Å². The maximum atomic E-state index is 11.8. The lowest BCUT2D eigenvalue weighted by molar-refractivity contribution is 0.0792. The van der Waals surface area contributed by atoms with E-state index >= 15 is 0 Å². The van der Waals surface area contributed by atoms with E-state index in [0.29, 0.717) is 18.9 Å². The van der Waals surface area contributed by atoms with E-state index < -0.39 is 15.9 Å². The molecule has 2 aromatic rings. The molecule has 0 aromatic carbocycles. The molecule has 2 fully saturated rings. The molecule has 0 saturated carbocycles. The molecular formula is C19H25N5O3S. The van der Waals surface area contributed by atoms with Crippen molar-refractivity contribution in [3.8, 4) is 11.5 Å². The zero-order chi connectivity index (χ0) is 19.7. The number of rotatable bonds is 4. The molecule has 2 aliphatic rings. The zero-order valence-electron chi connectivity index (χ0n) is 15.9. The second-order valence-corrected chi connectivity index (χ2v) is 9.50. The molecule has 0 unspecified atom stereocenters. The van der Waals surface area contributed by atoms with E-state index in [-0.39, 0.29) is 17.5 Å². The van der Waals surface area contributed by atoms with Gasteiger partial charge in [-0.2, -0.15) is 0 Å². The van der Waals surface area contributed by atoms with Crippen LogP contribution in [0.1, 0.15) is 12.6 Å². The Morgan fingerprint density at radius 3 is 2.54 bits per heavy atom. The molecule has 0 amide bonds. The molecule has 0 aliphatic carbocycles. The van der Waals surface area contributed by atoms with Crippen LogP contribution < -0.4 is 4.90 Å². The Hall–Kier alpha value is -2.10. The van der Waals surface area contributed by atoms with E-state index in [4.69, 9.17) is 4.98 Å². The molecule has 1 N–H and O–H groups in total. The number of hydrogen-bond acceptors (Lipinski definition) is 8. The topological polar surface area (TPSA) is 99.5 Å². The van der Waals surface area contributed by atoms with Crippen molar-refractivity contribution in [1.29, 1.82) is 0 Å². The number of aryl methyl sites for hydroxylation is 1. The highest BCUT2D eigenvalue weighted by Crippen LogP contribution is 2.23. The van der Waals surface area contributed by atoms with Crippen LogP contribution in [0.25, 0.3) is 11.5 Å². The normalized spacial score (nSPS) is 25.1. The van der Waals surface area contributed by atoms with Crippen LogP contribution in [0.3, 0.4) is 0 Å². The molecule has 150 valence electrons. The predicted octanol–water partition coefficient (Wildman–Crippen LogP) is 0.381. The Labute approximate surface area is 165 Å². The smallest absolute Gasteiger partial charge is 0.180 e. The fraction of sp³-hybridized carbons (Fsp3) is 0.526. The second-order valence-electron chi connectivity index (χ2n) is 7.34. The predicted molar refractivity (Wildman–Crippen MR) is 107 cm³/mol. The Kier molecular flexibility index (Phi) is 5.31. The van der Waals surface area contributed by atoms with Gasteiger partial charge in [-0.25, -0.2) is 18.4 Å². The highest BCUT2D eigenvalue weighted by atomic mass is 32.2. The average molecular weight is 404 g/mol. The molecule has 2 atom stereocenters. The van der Waals surface area contributed by atoms with Gasteiger partial charge in [-0.3, -0.25) is 9.88 Å². The fourth-order valence-corrected chi connectivity index (χ4v) is 5.71. The number of piperazine rings is 1. The van der Waals surface area contributed by atoms with Crippen LogP contribution in [0.15, 0.2) is 30.5 Å². The summed E-state index contributed by atoms with van der Waals surface area (Å²) in [4.78, 5) is 18.0. The summed E-state index contributed by atoms with van der Waals surface area (Å²) in [6, 6.07) is 7.40. The maximum Gasteiger partial charge on any atom is 0.180 e. The number of sulfone groups is 1. The van der Waals surface area contributed by atoms with E-state index in [1.54, 1.807) is 6.20 Å². The summed E-state index contributed by atoms with van der Waals surface area (Å²) in [5.74, 6) is 1.41. The molecule has 28 heavy (non-hydrogen) atoms. The molecule has 0 spiro atoms. The van der Waals surface area contributed by atoms with Crippen molar-refractivity contribution in [1.82, 2.24) is 19.9 Å². The monoisotopic (exact) mass is 403 g/mol. The van der Waals surface area contributed by atoms with E-state index in [2.05, 4.69) is 26.7 Å². The van der Waals surface area contributed by atoms with Crippen molar-refractivity contribution < 1.29 is 13.5 Å². The summed E-state index contributed by atoms with van der Waals surface area (Å²) < 4.78 is 23.6. The number of nitrogens with zero attached hydrogens (tertiary/aromatic N) is 5. The van der Waals surface area contributed by atoms with Crippen molar-refractivity contribution in [2.45, 2.75) is 25.5 Å². The summed E-state index contributed by atoms with van der Waals surface area (Å²) in [7, 11) is -3.14. The van der Waals surface area contributed by atoms with Crippen molar-refractivity contribution in [3.63, 3.8) is 0 Å². The minimum Gasteiger partial charge on any atom is -0.390 e. The molecule has 0 bridgehead atoms. The van der Waals surface area contributed by atoms with E-state index in [1.165, 1.54) is 0 Å². The molecular weight excluding hydrogens is 378 g/mol. The van der Waals surface area contributed by atoms with Gasteiger partial charge in [0.05, 0.1) is 23.7 Å². The third kappa shape index (κ3) is 4.01. The second kappa shape index (κ2) is 7.73. The van der Waals surface area contributed by atoms with Gasteiger partial charge in [0.1, 0.15) is 11.5 Å². The Morgan fingerprint density at radius 2 is 1.93 bits per heavy atom. The van der Waals surface area contributed by atoms with Crippen molar-refractivity contribution in [3.05, 3.63) is 36.2 Å². The van der Waals surface area contributed by atoms with Gasteiger partial charge in [-0.1, -0.05) is 13.0 Å². The van der Waals surface area contributed by atoms with Crippen LogP contribution in [-0.4, -0.2) is 83.2 Å². The molecule has 2 aromatic heterocycles. The van der Waals surface area contributed by atoms with Gasteiger partial charge in [0, 0.05) is 44.1 Å². The lowest BCUT2D eigenvalue weighted by Crippen LogP contribution is -2.53. The van der Waals surface area contributed by atoms with Crippen LogP contribution in [0.2, 0.25) is 0 Å². The first-order chi connectivity index (χ1) is 13.4. The lowest BCUT2D eigenvalue weighted by atomic mass is 10.1. The first-order valence-corrected chi connectivity index (χ1v) is 11.4. The first kappa shape index (κ1) is 19.2. The lowest BCUT2D eigenvalue weighted by Gasteiger charge is -2.39. The number of aliphatic hydroxyl groups is 1. The summed E-state index contributed by atoms with van der Waals surface area (Å²) in [6.07, 6.45) is 1.75. The SMILES string of the molecule is CCc1cc(N2CCN([C@H]3CS(=O)(=O)C[C@@H]3O)CC2)nc(-c2ccccn2)n1. The van der Waals surface area contributed by atoms with Gasteiger partial charge in [0.25, 0.3) is 0 Å². The number of hydrogen-bond donors (Lipinski definition) is 1. The number of pyridine rings is 1. The zero-order valence-corrected chi connectivity index (χ0v) is 16.7. The summed E-state index contributed by atoms with van der Waals surface area (Å²) in [5.41, 5.74) is 1.71. The molecule has 4 rings (SSSR count). The minimum atomic E-state index is -3.14. The van der Waals surface area contributed by atoms with Gasteiger partial charge in [0.2, 0.25) is 0 Å². The van der Waals surface area contributed by atoms with Gasteiger partial charge >= 0.3 is 0 Å². The highest BCUT2D eigenvalue weighted by molar-refractivity contribution is 7.91. The third-order valence-electron chi connectivity index (χ3n) is 5.42. The Bertz CT molecular complexity index is 930. The van der Waals surface area contributed by atoms with Crippen LogP contribution in [0.4, 0.5) is 5.82 Å². The molecule has 9 heteroatoms. The van der Waals surface area contributed by atoms with E-state index in [1.807, 2.05) is 24.3 Å². The summed E-state index contributed by atoms with van der Waals surface area (Å²) >= 11 is 0. The fourth-order valence-electron chi connectivity index (χ4n) is 3.88. The van der Waals surface area contributed by atoms with Gasteiger partial charge in [-0.15, -0.1) is 0 Å². The van der Waals surface area contributed by atoms with Gasteiger partial charge in [0.15, 0.2) is 15.7 Å². The first-order valence-electron chi connectivity index (χ1n) is 9.62. The van der Waals surface area contributed by atoms with Gasteiger partial charge < -0.3 is 10.0 Å². The number of aromatic nitrogens is 3. The summed E-state index contributed by atoms with van der Waals surface area (Å²) in [5, 5.41) is 10.1. The quantitative estimate of drug-likeness (QED) is 0.782. The molecule has 2 aliphatic heterocycles. The van der Waals surface area contributed by atoms with Crippen LogP contribution in [0, 0.1) is 0 Å². The highest BCUT2D eigenvalue weighted by Gasteiger charge is 2.40. The maximum absolute atomic E-state index is 11.8. The molecule has 2 saturated heterocycles. The summed E-state index contributed by atoms with van der Waals surface area (Å²) in [6.45, 7) is 4.91. The average Bonchev–Trinajstić information content (AvgIpc) is 3.00. The van der Waals surface area contributed by atoms with E-state index in [0.717, 1.165) is 36.7 Å². The van der Waals surface area contributed by atoms with Crippen LogP contribution in [0.5, 0.6) is 0 Å². The molecule has 0 radical (unpaired) electrons. The van der Waals surface area contributed by atoms with Crippen LogP contribution >= 0.6 is 0 Å². The van der Waals surface area contributed by atoms with E-state index in [9.17, 15) is 13.5 Å². The minimum absolute atomic E-state index is 0.0471.